The van der Waals surface area contributed by atoms with Gasteiger partial charge in [0.2, 0.25) is 0 Å². The number of para-hydroxylation sites is 1. The number of amides is 1. The number of carbonyl (C=O) groups excluding carboxylic acids is 1. The minimum absolute atomic E-state index is 0.0788. The monoisotopic (exact) mass is 310 g/mol. The maximum atomic E-state index is 12.2. The highest BCUT2D eigenvalue weighted by Crippen LogP contribution is 2.24. The lowest BCUT2D eigenvalue weighted by Gasteiger charge is -2.32. The van der Waals surface area contributed by atoms with Crippen molar-refractivity contribution < 1.29 is 9.53 Å². The first-order valence-corrected chi connectivity index (χ1v) is 7.92. The van der Waals surface area contributed by atoms with E-state index in [0.717, 1.165) is 32.5 Å². The normalized spacial score (nSPS) is 18.2. The quantitative estimate of drug-likeness (QED) is 0.909. The van der Waals surface area contributed by atoms with Crippen LogP contribution in [0.2, 0.25) is 5.02 Å². The molecule has 1 aliphatic rings. The first-order chi connectivity index (χ1) is 10.1. The number of piperidine rings is 1. The summed E-state index contributed by atoms with van der Waals surface area (Å²) in [5, 5.41) is 3.59. The zero-order chi connectivity index (χ0) is 15.2. The molecule has 0 aliphatic carbocycles. The van der Waals surface area contributed by atoms with E-state index in [-0.39, 0.29) is 11.9 Å². The van der Waals surface area contributed by atoms with Crippen LogP contribution < -0.4 is 10.1 Å². The zero-order valence-corrected chi connectivity index (χ0v) is 13.4. The molecule has 0 saturated carbocycles. The summed E-state index contributed by atoms with van der Waals surface area (Å²) in [6.07, 6.45) is 1.45. The number of hydrogen-bond donors (Lipinski definition) is 1. The molecule has 2 rings (SSSR count). The van der Waals surface area contributed by atoms with E-state index < -0.39 is 6.10 Å². The fourth-order valence-electron chi connectivity index (χ4n) is 2.50. The molecule has 0 bridgehead atoms. The van der Waals surface area contributed by atoms with E-state index in [4.69, 9.17) is 16.3 Å². The van der Waals surface area contributed by atoms with Crippen LogP contribution in [0, 0.1) is 0 Å². The third-order valence-electron chi connectivity index (χ3n) is 3.89. The molecule has 1 N–H and O–H groups in total. The second kappa shape index (κ2) is 7.66. The van der Waals surface area contributed by atoms with Gasteiger partial charge in [-0.15, -0.1) is 0 Å². The molecular weight excluding hydrogens is 288 g/mol. The molecular formula is C16H23ClN2O2. The first kappa shape index (κ1) is 16.1. The summed E-state index contributed by atoms with van der Waals surface area (Å²) < 4.78 is 5.64. The Morgan fingerprint density at radius 3 is 2.71 bits per heavy atom. The average Bonchev–Trinajstić information content (AvgIpc) is 2.50. The van der Waals surface area contributed by atoms with Gasteiger partial charge in [0.25, 0.3) is 5.91 Å². The lowest BCUT2D eigenvalue weighted by molar-refractivity contribution is -0.128. The van der Waals surface area contributed by atoms with Gasteiger partial charge in [-0.2, -0.15) is 0 Å². The zero-order valence-electron chi connectivity index (χ0n) is 12.6. The average molecular weight is 311 g/mol. The number of carbonyl (C=O) groups is 1. The van der Waals surface area contributed by atoms with Gasteiger partial charge >= 0.3 is 0 Å². The van der Waals surface area contributed by atoms with Crippen molar-refractivity contribution in [1.82, 2.24) is 10.2 Å². The predicted octanol–water partition coefficient (Wildman–Crippen LogP) is 2.71. The lowest BCUT2D eigenvalue weighted by atomic mass is 10.0. The van der Waals surface area contributed by atoms with Crippen molar-refractivity contribution in [3.63, 3.8) is 0 Å². The molecule has 5 heteroatoms. The molecule has 1 fully saturated rings. The number of ether oxygens (including phenoxy) is 1. The molecule has 0 aromatic heterocycles. The van der Waals surface area contributed by atoms with Crippen molar-refractivity contribution in [3.8, 4) is 5.75 Å². The molecule has 0 radical (unpaired) electrons. The van der Waals surface area contributed by atoms with Crippen molar-refractivity contribution in [2.75, 3.05) is 19.6 Å². The van der Waals surface area contributed by atoms with Crippen LogP contribution in [-0.4, -0.2) is 42.6 Å². The predicted molar refractivity (Wildman–Crippen MR) is 84.8 cm³/mol. The Bertz CT molecular complexity index is 473. The Hall–Kier alpha value is -1.26. The van der Waals surface area contributed by atoms with Crippen LogP contribution >= 0.6 is 11.6 Å². The maximum absolute atomic E-state index is 12.2. The van der Waals surface area contributed by atoms with Crippen LogP contribution in [-0.2, 0) is 4.79 Å². The minimum atomic E-state index is -0.547. The van der Waals surface area contributed by atoms with Gasteiger partial charge < -0.3 is 15.0 Å². The molecule has 1 aromatic carbocycles. The number of nitrogens with zero attached hydrogens (tertiary/aromatic N) is 1. The van der Waals surface area contributed by atoms with Crippen molar-refractivity contribution in [1.29, 1.82) is 0 Å². The number of halogens is 1. The SMILES string of the molecule is CCN1CCC(NC(=O)[C@@H](C)Oc2ccccc2Cl)CC1. The Morgan fingerprint density at radius 1 is 1.43 bits per heavy atom. The van der Waals surface area contributed by atoms with Crippen LogP contribution in [0.15, 0.2) is 24.3 Å². The van der Waals surface area contributed by atoms with E-state index in [2.05, 4.69) is 17.1 Å². The summed E-state index contributed by atoms with van der Waals surface area (Å²) >= 11 is 6.03. The number of likely N-dealkylation sites (tertiary alicyclic amines) is 1. The summed E-state index contributed by atoms with van der Waals surface area (Å²) in [7, 11) is 0. The maximum Gasteiger partial charge on any atom is 0.260 e. The topological polar surface area (TPSA) is 41.6 Å². The number of nitrogens with one attached hydrogen (secondary N) is 1. The smallest absolute Gasteiger partial charge is 0.260 e. The van der Waals surface area contributed by atoms with Gasteiger partial charge in [-0.3, -0.25) is 4.79 Å². The molecule has 1 heterocycles. The summed E-state index contributed by atoms with van der Waals surface area (Å²) in [4.78, 5) is 14.6. The molecule has 116 valence electrons. The first-order valence-electron chi connectivity index (χ1n) is 7.54. The summed E-state index contributed by atoms with van der Waals surface area (Å²) in [6.45, 7) is 7.08. The van der Waals surface area contributed by atoms with Gasteiger partial charge in [-0.05, 0) is 38.4 Å². The molecule has 0 spiro atoms. The van der Waals surface area contributed by atoms with E-state index in [0.29, 0.717) is 10.8 Å². The van der Waals surface area contributed by atoms with Crippen LogP contribution in [0.25, 0.3) is 0 Å². The third-order valence-corrected chi connectivity index (χ3v) is 4.20. The van der Waals surface area contributed by atoms with Gasteiger partial charge in [-0.1, -0.05) is 30.7 Å². The highest BCUT2D eigenvalue weighted by molar-refractivity contribution is 6.32. The van der Waals surface area contributed by atoms with Gasteiger partial charge in [0.05, 0.1) is 5.02 Å². The Balaban J connectivity index is 1.82. The van der Waals surface area contributed by atoms with Crippen LogP contribution in [0.3, 0.4) is 0 Å². The molecule has 4 nitrogen and oxygen atoms in total. The highest BCUT2D eigenvalue weighted by atomic mass is 35.5. The van der Waals surface area contributed by atoms with Gasteiger partial charge in [-0.25, -0.2) is 0 Å². The summed E-state index contributed by atoms with van der Waals surface area (Å²) in [6, 6.07) is 7.44. The van der Waals surface area contributed by atoms with Gasteiger partial charge in [0.1, 0.15) is 5.75 Å². The van der Waals surface area contributed by atoms with E-state index >= 15 is 0 Å². The Morgan fingerprint density at radius 2 is 2.10 bits per heavy atom. The standard InChI is InChI=1S/C16H23ClN2O2/c1-3-19-10-8-13(9-11-19)18-16(20)12(2)21-15-7-5-4-6-14(15)17/h4-7,12-13H,3,8-11H2,1-2H3,(H,18,20)/t12-/m1/s1. The lowest BCUT2D eigenvalue weighted by Crippen LogP contribution is -2.48. The van der Waals surface area contributed by atoms with Gasteiger partial charge in [0.15, 0.2) is 6.10 Å². The van der Waals surface area contributed by atoms with Gasteiger partial charge in [0, 0.05) is 19.1 Å². The largest absolute Gasteiger partial charge is 0.479 e. The minimum Gasteiger partial charge on any atom is -0.479 e. The van der Waals surface area contributed by atoms with Crippen LogP contribution in [0.5, 0.6) is 5.75 Å². The van der Waals surface area contributed by atoms with E-state index in [1.165, 1.54) is 0 Å². The van der Waals surface area contributed by atoms with Crippen LogP contribution in [0.4, 0.5) is 0 Å². The van der Waals surface area contributed by atoms with Crippen molar-refractivity contribution in [2.45, 2.75) is 38.8 Å². The van der Waals surface area contributed by atoms with E-state index in [9.17, 15) is 4.79 Å². The molecule has 1 atom stereocenters. The molecule has 1 aromatic rings. The third kappa shape index (κ3) is 4.61. The second-order valence-electron chi connectivity index (χ2n) is 5.41. The second-order valence-corrected chi connectivity index (χ2v) is 5.81. The summed E-state index contributed by atoms with van der Waals surface area (Å²) in [5.74, 6) is 0.465. The van der Waals surface area contributed by atoms with Crippen molar-refractivity contribution >= 4 is 17.5 Å². The molecule has 1 saturated heterocycles. The molecule has 21 heavy (non-hydrogen) atoms. The van der Waals surface area contributed by atoms with E-state index in [1.807, 2.05) is 12.1 Å². The van der Waals surface area contributed by atoms with E-state index in [1.54, 1.807) is 19.1 Å². The fourth-order valence-corrected chi connectivity index (χ4v) is 2.68. The van der Waals surface area contributed by atoms with Crippen molar-refractivity contribution in [2.24, 2.45) is 0 Å². The number of rotatable bonds is 5. The summed E-state index contributed by atoms with van der Waals surface area (Å²) in [5.41, 5.74) is 0. The number of benzene rings is 1. The number of hydrogen-bond acceptors (Lipinski definition) is 3. The molecule has 0 unspecified atom stereocenters. The van der Waals surface area contributed by atoms with Crippen molar-refractivity contribution in [3.05, 3.63) is 29.3 Å². The molecule has 1 amide bonds. The Labute approximate surface area is 131 Å². The highest BCUT2D eigenvalue weighted by Gasteiger charge is 2.23. The Kier molecular flexibility index (Phi) is 5.88. The fraction of sp³-hybridized carbons (Fsp3) is 0.562. The van der Waals surface area contributed by atoms with Crippen LogP contribution in [0.1, 0.15) is 26.7 Å². The molecule has 1 aliphatic heterocycles.